The predicted molar refractivity (Wildman–Crippen MR) is 84.6 cm³/mol. The summed E-state index contributed by atoms with van der Waals surface area (Å²) in [5, 5.41) is 34.7. The average Bonchev–Trinajstić information content (AvgIpc) is 2.89. The molecular formula is C13H14N4O5S. The lowest BCUT2D eigenvalue weighted by molar-refractivity contribution is -0.392. The van der Waals surface area contributed by atoms with E-state index in [9.17, 15) is 25.3 Å². The Balaban J connectivity index is 2.54. The molecule has 2 N–H and O–H groups in total. The number of nitrogens with one attached hydrogen (secondary N) is 1. The summed E-state index contributed by atoms with van der Waals surface area (Å²) in [5.74, 6) is 0. The maximum atomic E-state index is 11.4. The highest BCUT2D eigenvalue weighted by Crippen LogP contribution is 2.39. The molecule has 0 aliphatic carbocycles. The molecule has 0 radical (unpaired) electrons. The van der Waals surface area contributed by atoms with Gasteiger partial charge in [0, 0.05) is 16.5 Å². The fraction of sp³-hybridized carbons (Fsp3) is 0.308. The number of hydrogen-bond donors (Lipinski definition) is 2. The quantitative estimate of drug-likeness (QED) is 0.611. The third-order valence-corrected chi connectivity index (χ3v) is 4.40. The van der Waals surface area contributed by atoms with Crippen LogP contribution in [0.25, 0.3) is 0 Å². The van der Waals surface area contributed by atoms with Crippen LogP contribution in [0, 0.1) is 34.1 Å². The minimum Gasteiger partial charge on any atom is -0.392 e. The molecule has 0 unspecified atom stereocenters. The van der Waals surface area contributed by atoms with Gasteiger partial charge in [0.2, 0.25) is 0 Å². The van der Waals surface area contributed by atoms with Crippen molar-refractivity contribution in [3.05, 3.63) is 53.5 Å². The number of aliphatic hydroxyl groups excluding tert-OH is 1. The smallest absolute Gasteiger partial charge is 0.302 e. The van der Waals surface area contributed by atoms with Crippen LogP contribution in [0.2, 0.25) is 0 Å². The van der Waals surface area contributed by atoms with Crippen molar-refractivity contribution in [1.29, 1.82) is 0 Å². The normalized spacial score (nSPS) is 10.6. The number of aryl methyl sites for hydroxylation is 1. The number of nitrogens with zero attached hydrogens (tertiary/aromatic N) is 3. The summed E-state index contributed by atoms with van der Waals surface area (Å²) in [7, 11) is 0. The highest BCUT2D eigenvalue weighted by molar-refractivity contribution is 7.09. The van der Waals surface area contributed by atoms with Crippen LogP contribution in [-0.4, -0.2) is 19.9 Å². The van der Waals surface area contributed by atoms with Gasteiger partial charge in [-0.2, -0.15) is 0 Å². The molecule has 0 bridgehead atoms. The van der Waals surface area contributed by atoms with E-state index >= 15 is 0 Å². The fourth-order valence-electron chi connectivity index (χ4n) is 2.18. The summed E-state index contributed by atoms with van der Waals surface area (Å²) in [6.07, 6.45) is 0. The molecule has 122 valence electrons. The lowest BCUT2D eigenvalue weighted by atomic mass is 10.0. The average molecular weight is 338 g/mol. The van der Waals surface area contributed by atoms with Crippen molar-refractivity contribution in [2.75, 3.05) is 5.32 Å². The third kappa shape index (κ3) is 3.27. The molecule has 2 rings (SSSR count). The minimum absolute atomic E-state index is 0.155. The van der Waals surface area contributed by atoms with Crippen molar-refractivity contribution in [3.63, 3.8) is 0 Å². The number of nitro groups is 2. The molecule has 0 aliphatic rings. The van der Waals surface area contributed by atoms with Crippen LogP contribution in [0.3, 0.4) is 0 Å². The minimum atomic E-state index is -0.701. The fourth-order valence-corrected chi connectivity index (χ4v) is 2.90. The summed E-state index contributed by atoms with van der Waals surface area (Å²) in [4.78, 5) is 26.1. The Kier molecular flexibility index (Phi) is 4.86. The molecule has 0 fully saturated rings. The number of aliphatic hydroxyl groups is 1. The van der Waals surface area contributed by atoms with Gasteiger partial charge in [0.25, 0.3) is 5.69 Å². The second-order valence-electron chi connectivity index (χ2n) is 4.79. The van der Waals surface area contributed by atoms with Crippen LogP contribution < -0.4 is 5.32 Å². The summed E-state index contributed by atoms with van der Waals surface area (Å²) >= 11 is 1.36. The highest BCUT2D eigenvalue weighted by atomic mass is 32.1. The molecule has 9 nitrogen and oxygen atoms in total. The lowest BCUT2D eigenvalue weighted by Crippen LogP contribution is -2.09. The monoisotopic (exact) mass is 338 g/mol. The van der Waals surface area contributed by atoms with Crippen molar-refractivity contribution >= 4 is 28.4 Å². The van der Waals surface area contributed by atoms with E-state index in [4.69, 9.17) is 0 Å². The van der Waals surface area contributed by atoms with E-state index in [1.54, 1.807) is 12.4 Å². The Morgan fingerprint density at radius 3 is 2.48 bits per heavy atom. The number of hydrogen-bond acceptors (Lipinski definition) is 8. The van der Waals surface area contributed by atoms with Crippen LogP contribution in [0.5, 0.6) is 0 Å². The molecule has 0 aliphatic heterocycles. The third-order valence-electron chi connectivity index (χ3n) is 3.46. The first kappa shape index (κ1) is 16.8. The molecule has 10 heteroatoms. The Morgan fingerprint density at radius 1 is 1.30 bits per heavy atom. The molecule has 0 spiro atoms. The Morgan fingerprint density at radius 2 is 2.00 bits per heavy atom. The van der Waals surface area contributed by atoms with Crippen LogP contribution in [-0.2, 0) is 13.2 Å². The first-order valence-electron chi connectivity index (χ1n) is 6.55. The van der Waals surface area contributed by atoms with Gasteiger partial charge in [-0.1, -0.05) is 0 Å². The van der Waals surface area contributed by atoms with Gasteiger partial charge in [-0.25, -0.2) is 4.98 Å². The first-order valence-corrected chi connectivity index (χ1v) is 7.43. The number of benzene rings is 1. The van der Waals surface area contributed by atoms with E-state index in [-0.39, 0.29) is 23.4 Å². The second-order valence-corrected chi connectivity index (χ2v) is 5.73. The van der Waals surface area contributed by atoms with Gasteiger partial charge in [-0.15, -0.1) is 11.3 Å². The second kappa shape index (κ2) is 6.67. The SMILES string of the molecule is Cc1ncsc1CNc1c([N+](=O)[O-])cc(CO)c(C)c1[N+](=O)[O-]. The summed E-state index contributed by atoms with van der Waals surface area (Å²) in [6.45, 7) is 2.92. The topological polar surface area (TPSA) is 131 Å². The maximum absolute atomic E-state index is 11.4. The lowest BCUT2D eigenvalue weighted by Gasteiger charge is -2.11. The van der Waals surface area contributed by atoms with Crippen molar-refractivity contribution in [2.24, 2.45) is 0 Å². The number of rotatable bonds is 6. The Bertz CT molecular complexity index is 774. The van der Waals surface area contributed by atoms with Gasteiger partial charge < -0.3 is 10.4 Å². The molecule has 1 heterocycles. The number of thiazole rings is 1. The summed E-state index contributed by atoms with van der Waals surface area (Å²) in [6, 6.07) is 1.16. The molecule has 0 saturated heterocycles. The van der Waals surface area contributed by atoms with Gasteiger partial charge in [-0.05, 0) is 19.4 Å². The molecule has 0 amide bonds. The van der Waals surface area contributed by atoms with Crippen molar-refractivity contribution in [3.8, 4) is 0 Å². The summed E-state index contributed by atoms with van der Waals surface area (Å²) < 4.78 is 0. The van der Waals surface area contributed by atoms with E-state index in [1.807, 2.05) is 0 Å². The van der Waals surface area contributed by atoms with Gasteiger partial charge in [-0.3, -0.25) is 20.2 Å². The van der Waals surface area contributed by atoms with E-state index in [0.29, 0.717) is 0 Å². The van der Waals surface area contributed by atoms with Crippen LogP contribution in [0.15, 0.2) is 11.6 Å². The van der Waals surface area contributed by atoms with Gasteiger partial charge in [0.05, 0.1) is 34.2 Å². The van der Waals surface area contributed by atoms with Crippen molar-refractivity contribution in [2.45, 2.75) is 27.0 Å². The Labute approximate surface area is 134 Å². The van der Waals surface area contributed by atoms with E-state index in [2.05, 4.69) is 10.3 Å². The maximum Gasteiger partial charge on any atom is 0.302 e. The van der Waals surface area contributed by atoms with E-state index in [1.165, 1.54) is 18.3 Å². The van der Waals surface area contributed by atoms with Crippen molar-refractivity contribution < 1.29 is 15.0 Å². The zero-order valence-corrected chi connectivity index (χ0v) is 13.2. The molecule has 23 heavy (non-hydrogen) atoms. The van der Waals surface area contributed by atoms with Crippen LogP contribution in [0.1, 0.15) is 21.7 Å². The van der Waals surface area contributed by atoms with Crippen LogP contribution >= 0.6 is 11.3 Å². The highest BCUT2D eigenvalue weighted by Gasteiger charge is 2.30. The molecular weight excluding hydrogens is 324 g/mol. The number of nitro benzene ring substituents is 2. The predicted octanol–water partition coefficient (Wildman–Crippen LogP) is 2.68. The zero-order chi connectivity index (χ0) is 17.1. The summed E-state index contributed by atoms with van der Waals surface area (Å²) in [5.41, 5.74) is 1.75. The molecule has 1 aromatic heterocycles. The van der Waals surface area contributed by atoms with Crippen LogP contribution in [0.4, 0.5) is 17.1 Å². The number of anilines is 1. The largest absolute Gasteiger partial charge is 0.392 e. The van der Waals surface area contributed by atoms with E-state index < -0.39 is 27.8 Å². The Hall–Kier alpha value is -2.59. The van der Waals surface area contributed by atoms with Gasteiger partial charge >= 0.3 is 5.69 Å². The van der Waals surface area contributed by atoms with Crippen molar-refractivity contribution in [1.82, 2.24) is 4.98 Å². The van der Waals surface area contributed by atoms with Gasteiger partial charge in [0.15, 0.2) is 5.69 Å². The zero-order valence-electron chi connectivity index (χ0n) is 12.4. The van der Waals surface area contributed by atoms with Gasteiger partial charge in [0.1, 0.15) is 0 Å². The molecule has 2 aromatic rings. The number of aromatic nitrogens is 1. The molecule has 0 atom stereocenters. The first-order chi connectivity index (χ1) is 10.9. The van der Waals surface area contributed by atoms with E-state index in [0.717, 1.165) is 16.6 Å². The standard InChI is InChI=1S/C13H14N4O5S/c1-7-9(5-18)3-10(16(19)20)12(13(7)17(21)22)14-4-11-8(2)15-6-23-11/h3,6,14,18H,4-5H2,1-2H3. The molecule has 1 aromatic carbocycles. The molecule has 0 saturated carbocycles.